The van der Waals surface area contributed by atoms with E-state index < -0.39 is 5.97 Å². The van der Waals surface area contributed by atoms with Crippen molar-refractivity contribution in [2.75, 3.05) is 0 Å². The molecule has 3 heteroatoms. The van der Waals surface area contributed by atoms with Crippen molar-refractivity contribution < 1.29 is 14.7 Å². The van der Waals surface area contributed by atoms with Crippen LogP contribution >= 0.6 is 0 Å². The van der Waals surface area contributed by atoms with Crippen molar-refractivity contribution in [1.82, 2.24) is 0 Å². The minimum Gasteiger partial charge on any atom is -0.481 e. The highest BCUT2D eigenvalue weighted by molar-refractivity contribution is 5.93. The molecule has 0 bridgehead atoms. The van der Waals surface area contributed by atoms with Gasteiger partial charge >= 0.3 is 5.97 Å². The van der Waals surface area contributed by atoms with Gasteiger partial charge in [0, 0.05) is 12.8 Å². The first-order chi connectivity index (χ1) is 5.68. The number of rotatable bonds is 3. The van der Waals surface area contributed by atoms with Crippen molar-refractivity contribution in [3.05, 3.63) is 23.8 Å². The van der Waals surface area contributed by atoms with Crippen LogP contribution in [0.5, 0.6) is 0 Å². The Morgan fingerprint density at radius 3 is 2.92 bits per heavy atom. The molecule has 0 radical (unpaired) electrons. The van der Waals surface area contributed by atoms with E-state index in [-0.39, 0.29) is 12.2 Å². The van der Waals surface area contributed by atoms with E-state index in [4.69, 9.17) is 5.11 Å². The number of carboxylic acid groups (broad SMARTS) is 1. The lowest BCUT2D eigenvalue weighted by Gasteiger charge is -2.03. The molecule has 0 spiro atoms. The Bertz CT molecular complexity index is 261. The second-order valence-corrected chi connectivity index (χ2v) is 2.69. The van der Waals surface area contributed by atoms with Crippen molar-refractivity contribution >= 4 is 11.8 Å². The van der Waals surface area contributed by atoms with Crippen LogP contribution in [0, 0.1) is 0 Å². The topological polar surface area (TPSA) is 54.4 Å². The number of carbonyl (C=O) groups excluding carboxylic acids is 1. The van der Waals surface area contributed by atoms with Crippen LogP contribution in [-0.4, -0.2) is 16.9 Å². The molecular formula is C9H10O3. The van der Waals surface area contributed by atoms with Crippen LogP contribution in [-0.2, 0) is 9.59 Å². The number of aliphatic carboxylic acids is 1. The summed E-state index contributed by atoms with van der Waals surface area (Å²) in [4.78, 5) is 21.0. The summed E-state index contributed by atoms with van der Waals surface area (Å²) in [6.45, 7) is 0. The summed E-state index contributed by atoms with van der Waals surface area (Å²) in [7, 11) is 0. The zero-order valence-corrected chi connectivity index (χ0v) is 6.62. The molecule has 0 saturated heterocycles. The van der Waals surface area contributed by atoms with Gasteiger partial charge in [-0.2, -0.15) is 0 Å². The Labute approximate surface area is 70.4 Å². The normalized spacial score (nSPS) is 16.0. The third-order valence-electron chi connectivity index (χ3n) is 1.62. The molecule has 0 amide bonds. The highest BCUT2D eigenvalue weighted by Crippen LogP contribution is 2.12. The van der Waals surface area contributed by atoms with E-state index in [0.717, 1.165) is 5.57 Å². The zero-order chi connectivity index (χ0) is 8.97. The zero-order valence-electron chi connectivity index (χ0n) is 6.62. The Kier molecular flexibility index (Phi) is 2.80. The Hall–Kier alpha value is -1.38. The summed E-state index contributed by atoms with van der Waals surface area (Å²) in [5.74, 6) is -0.778. The van der Waals surface area contributed by atoms with Gasteiger partial charge in [-0.25, -0.2) is 0 Å². The number of carbonyl (C=O) groups is 2. The lowest BCUT2D eigenvalue weighted by molar-refractivity contribution is -0.137. The highest BCUT2D eigenvalue weighted by atomic mass is 16.4. The van der Waals surface area contributed by atoms with Gasteiger partial charge in [-0.05, 0) is 18.1 Å². The first-order valence-electron chi connectivity index (χ1n) is 3.80. The van der Waals surface area contributed by atoms with Crippen LogP contribution in [0.3, 0.4) is 0 Å². The summed E-state index contributed by atoms with van der Waals surface area (Å²) in [5, 5.41) is 8.37. The molecule has 1 rings (SSSR count). The molecule has 0 aromatic heterocycles. The number of ketones is 1. The van der Waals surface area contributed by atoms with Crippen LogP contribution in [0.25, 0.3) is 0 Å². The standard InChI is InChI=1S/C9H10O3/c10-8-3-1-2-7(6-8)4-5-9(11)12/h1-2,6H,3-5H2,(H,11,12). The maximum Gasteiger partial charge on any atom is 0.303 e. The SMILES string of the molecule is O=C(O)CCC1=CC(=O)CC=C1. The summed E-state index contributed by atoms with van der Waals surface area (Å²) in [5.41, 5.74) is 0.814. The fourth-order valence-corrected chi connectivity index (χ4v) is 1.05. The third kappa shape index (κ3) is 2.70. The first kappa shape index (κ1) is 8.71. The van der Waals surface area contributed by atoms with Gasteiger partial charge in [0.15, 0.2) is 5.78 Å². The Morgan fingerprint density at radius 2 is 2.33 bits per heavy atom. The molecule has 64 valence electrons. The van der Waals surface area contributed by atoms with Gasteiger partial charge in [-0.1, -0.05) is 12.2 Å². The summed E-state index contributed by atoms with van der Waals surface area (Å²) >= 11 is 0. The average Bonchev–Trinajstić information content (AvgIpc) is 2.01. The number of hydrogen-bond donors (Lipinski definition) is 1. The molecule has 1 aliphatic carbocycles. The maximum absolute atomic E-state index is 10.8. The Morgan fingerprint density at radius 1 is 1.58 bits per heavy atom. The van der Waals surface area contributed by atoms with Crippen LogP contribution < -0.4 is 0 Å². The van der Waals surface area contributed by atoms with E-state index in [1.165, 1.54) is 6.08 Å². The molecule has 1 aliphatic rings. The molecule has 3 nitrogen and oxygen atoms in total. The van der Waals surface area contributed by atoms with Gasteiger partial charge in [-0.3, -0.25) is 9.59 Å². The second kappa shape index (κ2) is 3.85. The molecule has 0 aliphatic heterocycles. The molecule has 0 aromatic rings. The molecule has 0 fully saturated rings. The molecule has 0 saturated carbocycles. The van der Waals surface area contributed by atoms with Crippen molar-refractivity contribution in [2.24, 2.45) is 0 Å². The van der Waals surface area contributed by atoms with Gasteiger partial charge in [0.2, 0.25) is 0 Å². The molecular weight excluding hydrogens is 156 g/mol. The molecule has 12 heavy (non-hydrogen) atoms. The van der Waals surface area contributed by atoms with E-state index in [0.29, 0.717) is 12.8 Å². The lowest BCUT2D eigenvalue weighted by atomic mass is 10.0. The van der Waals surface area contributed by atoms with Crippen LogP contribution in [0.1, 0.15) is 19.3 Å². The predicted octanol–water partition coefficient (Wildman–Crippen LogP) is 1.31. The highest BCUT2D eigenvalue weighted by Gasteiger charge is 2.05. The van der Waals surface area contributed by atoms with Crippen molar-refractivity contribution in [3.63, 3.8) is 0 Å². The van der Waals surface area contributed by atoms with Gasteiger partial charge in [-0.15, -0.1) is 0 Å². The number of carboxylic acids is 1. The third-order valence-corrected chi connectivity index (χ3v) is 1.62. The molecule has 1 N–H and O–H groups in total. The minimum absolute atomic E-state index is 0.0536. The van der Waals surface area contributed by atoms with Gasteiger partial charge in [0.05, 0.1) is 0 Å². The fourth-order valence-electron chi connectivity index (χ4n) is 1.05. The van der Waals surface area contributed by atoms with Crippen LogP contribution in [0.15, 0.2) is 23.8 Å². The monoisotopic (exact) mass is 166 g/mol. The lowest BCUT2D eigenvalue weighted by Crippen LogP contribution is -2.00. The molecule has 0 atom stereocenters. The molecule has 0 heterocycles. The summed E-state index contributed by atoms with van der Waals surface area (Å²) in [6, 6.07) is 0. The number of allylic oxidation sites excluding steroid dienone is 4. The van der Waals surface area contributed by atoms with Gasteiger partial charge in [0.25, 0.3) is 0 Å². The minimum atomic E-state index is -0.831. The molecule has 0 aromatic carbocycles. The Balaban J connectivity index is 2.46. The molecule has 0 unspecified atom stereocenters. The van der Waals surface area contributed by atoms with Crippen molar-refractivity contribution in [2.45, 2.75) is 19.3 Å². The summed E-state index contributed by atoms with van der Waals surface area (Å²) < 4.78 is 0. The number of hydrogen-bond acceptors (Lipinski definition) is 2. The quantitative estimate of drug-likeness (QED) is 0.687. The van der Waals surface area contributed by atoms with E-state index in [1.807, 2.05) is 6.08 Å². The average molecular weight is 166 g/mol. The van der Waals surface area contributed by atoms with Gasteiger partial charge in [0.1, 0.15) is 0 Å². The van der Waals surface area contributed by atoms with Crippen molar-refractivity contribution in [1.29, 1.82) is 0 Å². The van der Waals surface area contributed by atoms with E-state index in [2.05, 4.69) is 0 Å². The smallest absolute Gasteiger partial charge is 0.303 e. The summed E-state index contributed by atoms with van der Waals surface area (Å²) in [6.07, 6.45) is 6.06. The van der Waals surface area contributed by atoms with Crippen LogP contribution in [0.2, 0.25) is 0 Å². The van der Waals surface area contributed by atoms with Crippen molar-refractivity contribution in [3.8, 4) is 0 Å². The van der Waals surface area contributed by atoms with Crippen LogP contribution in [0.4, 0.5) is 0 Å². The van der Waals surface area contributed by atoms with Gasteiger partial charge < -0.3 is 5.11 Å². The maximum atomic E-state index is 10.8. The second-order valence-electron chi connectivity index (χ2n) is 2.69. The largest absolute Gasteiger partial charge is 0.481 e. The van der Waals surface area contributed by atoms with E-state index in [1.54, 1.807) is 6.08 Å². The van der Waals surface area contributed by atoms with E-state index in [9.17, 15) is 9.59 Å². The fraction of sp³-hybridized carbons (Fsp3) is 0.333. The van der Waals surface area contributed by atoms with E-state index >= 15 is 0 Å². The first-order valence-corrected chi connectivity index (χ1v) is 3.80. The predicted molar refractivity (Wildman–Crippen MR) is 43.7 cm³/mol.